The van der Waals surface area contributed by atoms with Crippen molar-refractivity contribution in [1.82, 2.24) is 0 Å². The lowest BCUT2D eigenvalue weighted by atomic mass is 9.82. The van der Waals surface area contributed by atoms with Crippen molar-refractivity contribution in [3.63, 3.8) is 0 Å². The molecule has 36 heavy (non-hydrogen) atoms. The van der Waals surface area contributed by atoms with Crippen LogP contribution in [-0.4, -0.2) is 5.97 Å². The van der Waals surface area contributed by atoms with Crippen molar-refractivity contribution in [2.24, 2.45) is 5.73 Å². The molecule has 0 spiro atoms. The van der Waals surface area contributed by atoms with Gasteiger partial charge in [0.1, 0.15) is 17.8 Å². The van der Waals surface area contributed by atoms with Crippen molar-refractivity contribution in [3.05, 3.63) is 123 Å². The van der Waals surface area contributed by atoms with Crippen molar-refractivity contribution in [2.45, 2.75) is 18.7 Å². The predicted octanol–water partition coefficient (Wildman–Crippen LogP) is 5.25. The second kappa shape index (κ2) is 8.92. The number of benzene rings is 3. The lowest BCUT2D eigenvalue weighted by Crippen LogP contribution is -2.31. The normalized spacial score (nSPS) is 15.4. The number of halogens is 3. The molecule has 1 aromatic heterocycles. The molecule has 0 saturated carbocycles. The van der Waals surface area contributed by atoms with Crippen LogP contribution in [0.5, 0.6) is 5.75 Å². The van der Waals surface area contributed by atoms with E-state index in [1.54, 1.807) is 54.6 Å². The third-order valence-electron chi connectivity index (χ3n) is 5.83. The Morgan fingerprint density at radius 3 is 2.44 bits per heavy atom. The quantitative estimate of drug-likeness (QED) is 0.309. The summed E-state index contributed by atoms with van der Waals surface area (Å²) in [6.07, 6.45) is -4.65. The molecule has 1 aliphatic heterocycles. The van der Waals surface area contributed by atoms with Crippen LogP contribution >= 0.6 is 0 Å². The first-order valence-electron chi connectivity index (χ1n) is 10.9. The van der Waals surface area contributed by atoms with Crippen LogP contribution in [-0.2, 0) is 22.3 Å². The summed E-state index contributed by atoms with van der Waals surface area (Å²) in [6.45, 7) is -0.120. The van der Waals surface area contributed by atoms with E-state index < -0.39 is 29.3 Å². The van der Waals surface area contributed by atoms with Gasteiger partial charge in [-0.15, -0.1) is 0 Å². The van der Waals surface area contributed by atoms with Crippen molar-refractivity contribution < 1.29 is 31.9 Å². The average Bonchev–Trinajstić information content (AvgIpc) is 2.87. The van der Waals surface area contributed by atoms with Crippen LogP contribution in [0.3, 0.4) is 0 Å². The number of nitrogens with two attached hydrogens (primary N) is 1. The fourth-order valence-corrected chi connectivity index (χ4v) is 4.19. The molecule has 1 unspecified atom stereocenters. The van der Waals surface area contributed by atoms with E-state index in [-0.39, 0.29) is 40.5 Å². The Labute approximate surface area is 202 Å². The molecule has 0 saturated heterocycles. The molecular formula is C27H18F3NO5. The summed E-state index contributed by atoms with van der Waals surface area (Å²) in [6, 6.07) is 19.6. The predicted molar refractivity (Wildman–Crippen MR) is 124 cm³/mol. The lowest BCUT2D eigenvalue weighted by Gasteiger charge is -2.28. The average molecular weight is 493 g/mol. The summed E-state index contributed by atoms with van der Waals surface area (Å²) >= 11 is 0. The highest BCUT2D eigenvalue weighted by atomic mass is 19.4. The van der Waals surface area contributed by atoms with Crippen molar-refractivity contribution in [1.29, 1.82) is 0 Å². The zero-order valence-electron chi connectivity index (χ0n) is 18.5. The molecule has 0 radical (unpaired) electrons. The Bertz CT molecular complexity index is 1560. The number of esters is 1. The van der Waals surface area contributed by atoms with Crippen molar-refractivity contribution >= 4 is 16.9 Å². The molecule has 2 heterocycles. The highest BCUT2D eigenvalue weighted by Crippen LogP contribution is 2.45. The summed E-state index contributed by atoms with van der Waals surface area (Å²) in [4.78, 5) is 26.4. The molecule has 182 valence electrons. The molecule has 6 nitrogen and oxygen atoms in total. The summed E-state index contributed by atoms with van der Waals surface area (Å²) in [5.74, 6) is -2.61. The Balaban J connectivity index is 1.68. The van der Waals surface area contributed by atoms with E-state index in [1.165, 1.54) is 12.1 Å². The summed E-state index contributed by atoms with van der Waals surface area (Å²) in [5.41, 5.74) is 4.79. The third kappa shape index (κ3) is 4.19. The summed E-state index contributed by atoms with van der Waals surface area (Å²) < 4.78 is 57.2. The van der Waals surface area contributed by atoms with Gasteiger partial charge in [-0.1, -0.05) is 60.7 Å². The number of alkyl halides is 3. The van der Waals surface area contributed by atoms with Crippen LogP contribution in [0.1, 0.15) is 28.2 Å². The first kappa shape index (κ1) is 23.2. The van der Waals surface area contributed by atoms with Gasteiger partial charge in [-0.05, 0) is 29.3 Å². The molecule has 2 N–H and O–H groups in total. The lowest BCUT2D eigenvalue weighted by molar-refractivity contribution is -0.140. The standard InChI is InChI=1S/C27H18F3NO5/c28-27(29,30)17-10-6-9-16(13-17)20-21-23(18-11-4-5-12-19(18)35-26(21)33)36-24(31)22(20)25(32)34-14-15-7-2-1-3-8-15/h1-13,20H,14,31H2. The maximum Gasteiger partial charge on any atom is 0.416 e. The van der Waals surface area contributed by atoms with Crippen LogP contribution < -0.4 is 16.1 Å². The third-order valence-corrected chi connectivity index (χ3v) is 5.83. The minimum atomic E-state index is -4.65. The van der Waals surface area contributed by atoms with Crippen LogP contribution in [0.15, 0.2) is 99.5 Å². The maximum absolute atomic E-state index is 13.5. The first-order valence-corrected chi connectivity index (χ1v) is 10.9. The van der Waals surface area contributed by atoms with Crippen LogP contribution in [0, 0.1) is 0 Å². The molecule has 4 aromatic rings. The molecule has 3 aromatic carbocycles. The molecular weight excluding hydrogens is 475 g/mol. The number of hydrogen-bond acceptors (Lipinski definition) is 6. The van der Waals surface area contributed by atoms with E-state index in [0.717, 1.165) is 12.1 Å². The van der Waals surface area contributed by atoms with Crippen molar-refractivity contribution in [2.75, 3.05) is 0 Å². The Hall–Kier alpha value is -4.53. The Morgan fingerprint density at radius 2 is 1.69 bits per heavy atom. The SMILES string of the molecule is NC1=C(C(=O)OCc2ccccc2)C(c2cccc(C(F)(F)F)c2)c2c(c3ccccc3oc2=O)O1. The number of ether oxygens (including phenoxy) is 2. The number of carbonyl (C=O) groups excluding carboxylic acids is 1. The Morgan fingerprint density at radius 1 is 0.972 bits per heavy atom. The number of para-hydroxylation sites is 1. The van der Waals surface area contributed by atoms with Gasteiger partial charge >= 0.3 is 17.8 Å². The molecule has 0 fully saturated rings. The summed E-state index contributed by atoms with van der Waals surface area (Å²) in [7, 11) is 0. The van der Waals surface area contributed by atoms with Gasteiger partial charge < -0.3 is 19.6 Å². The first-order chi connectivity index (χ1) is 17.2. The van der Waals surface area contributed by atoms with E-state index in [2.05, 4.69) is 0 Å². The topological polar surface area (TPSA) is 91.8 Å². The molecule has 9 heteroatoms. The number of rotatable bonds is 4. The second-order valence-corrected chi connectivity index (χ2v) is 8.13. The number of hydrogen-bond donors (Lipinski definition) is 1. The summed E-state index contributed by atoms with van der Waals surface area (Å²) in [5, 5.41) is 0.378. The van der Waals surface area contributed by atoms with Gasteiger partial charge in [-0.25, -0.2) is 9.59 Å². The molecule has 1 atom stereocenters. The minimum absolute atomic E-state index is 0.00608. The van der Waals surface area contributed by atoms with Gasteiger partial charge in [-0.2, -0.15) is 13.2 Å². The molecule has 5 rings (SSSR count). The van der Waals surface area contributed by atoms with Gasteiger partial charge in [0.05, 0.1) is 22.4 Å². The van der Waals surface area contributed by atoms with E-state index >= 15 is 0 Å². The zero-order valence-corrected chi connectivity index (χ0v) is 18.5. The second-order valence-electron chi connectivity index (χ2n) is 8.13. The molecule has 0 aliphatic carbocycles. The van der Waals surface area contributed by atoms with Gasteiger partial charge in [0, 0.05) is 0 Å². The van der Waals surface area contributed by atoms with E-state index in [0.29, 0.717) is 10.9 Å². The molecule has 0 amide bonds. The van der Waals surface area contributed by atoms with Crippen LogP contribution in [0.2, 0.25) is 0 Å². The van der Waals surface area contributed by atoms with Crippen molar-refractivity contribution in [3.8, 4) is 5.75 Å². The number of fused-ring (bicyclic) bond motifs is 3. The van der Waals surface area contributed by atoms with Gasteiger partial charge in [0.2, 0.25) is 5.88 Å². The molecule has 0 bridgehead atoms. The van der Waals surface area contributed by atoms with Gasteiger partial charge in [0.25, 0.3) is 0 Å². The molecule has 1 aliphatic rings. The highest BCUT2D eigenvalue weighted by molar-refractivity contribution is 5.94. The monoisotopic (exact) mass is 493 g/mol. The number of carbonyl (C=O) groups is 1. The van der Waals surface area contributed by atoms with E-state index in [4.69, 9.17) is 19.6 Å². The fraction of sp³-hybridized carbons (Fsp3) is 0.111. The smallest absolute Gasteiger partial charge is 0.416 e. The highest BCUT2D eigenvalue weighted by Gasteiger charge is 2.40. The zero-order chi connectivity index (χ0) is 25.4. The maximum atomic E-state index is 13.5. The minimum Gasteiger partial charge on any atom is -0.457 e. The van der Waals surface area contributed by atoms with Crippen LogP contribution in [0.25, 0.3) is 11.0 Å². The van der Waals surface area contributed by atoms with E-state index in [1.807, 2.05) is 0 Å². The van der Waals surface area contributed by atoms with Gasteiger partial charge in [-0.3, -0.25) is 0 Å². The van der Waals surface area contributed by atoms with Gasteiger partial charge in [0.15, 0.2) is 5.75 Å². The van der Waals surface area contributed by atoms with E-state index in [9.17, 15) is 22.8 Å². The largest absolute Gasteiger partial charge is 0.457 e. The Kier molecular flexibility index (Phi) is 5.75. The van der Waals surface area contributed by atoms with Crippen LogP contribution in [0.4, 0.5) is 13.2 Å². The fourth-order valence-electron chi connectivity index (χ4n) is 4.19.